The second-order valence-electron chi connectivity index (χ2n) is 7.43. The molecular weight excluding hydrogens is 376 g/mol. The maximum Gasteiger partial charge on any atom is 0.194 e. The maximum absolute atomic E-state index is 12.8. The van der Waals surface area contributed by atoms with Crippen LogP contribution in [0.1, 0.15) is 82.4 Å². The van der Waals surface area contributed by atoms with Crippen molar-refractivity contribution in [1.82, 2.24) is 0 Å². The molecule has 3 heteroatoms. The molecule has 0 heterocycles. The van der Waals surface area contributed by atoms with Crippen LogP contribution in [0.15, 0.2) is 60.7 Å². The lowest BCUT2D eigenvalue weighted by Gasteiger charge is -2.17. The summed E-state index contributed by atoms with van der Waals surface area (Å²) in [6.45, 7) is 0. The Morgan fingerprint density at radius 3 is 2.03 bits per heavy atom. The van der Waals surface area contributed by atoms with Crippen LogP contribution in [0.4, 0.5) is 0 Å². The molecule has 3 rings (SSSR count). The van der Waals surface area contributed by atoms with Crippen LogP contribution in [0, 0.1) is 0 Å². The third-order valence-electron chi connectivity index (χ3n) is 5.26. The van der Waals surface area contributed by atoms with Crippen molar-refractivity contribution in [3.05, 3.63) is 88.5 Å². The number of benzene rings is 2. The molecule has 0 radical (unpaired) electrons. The summed E-state index contributed by atoms with van der Waals surface area (Å²) in [6.07, 6.45) is 17.0. The topological polar surface area (TPSA) is 34.1 Å². The summed E-state index contributed by atoms with van der Waals surface area (Å²) in [7, 11) is 0. The van der Waals surface area contributed by atoms with Crippen LogP contribution >= 0.6 is 12.6 Å². The molecule has 0 saturated carbocycles. The van der Waals surface area contributed by atoms with E-state index < -0.39 is 0 Å². The third kappa shape index (κ3) is 5.57. The Morgan fingerprint density at radius 2 is 1.31 bits per heavy atom. The van der Waals surface area contributed by atoms with E-state index in [9.17, 15) is 9.59 Å². The van der Waals surface area contributed by atoms with Gasteiger partial charge in [0.05, 0.1) is 0 Å². The van der Waals surface area contributed by atoms with Crippen molar-refractivity contribution in [2.45, 2.75) is 44.9 Å². The van der Waals surface area contributed by atoms with Crippen LogP contribution in [0.5, 0.6) is 0 Å². The fourth-order valence-electron chi connectivity index (χ4n) is 3.64. The monoisotopic (exact) mass is 404 g/mol. The van der Waals surface area contributed by atoms with Crippen LogP contribution in [0.3, 0.4) is 0 Å². The molecule has 0 saturated heterocycles. The number of ketones is 2. The molecular formula is C26H28O2S. The van der Waals surface area contributed by atoms with Gasteiger partial charge in [-0.25, -0.2) is 0 Å². The van der Waals surface area contributed by atoms with Gasteiger partial charge in [0.15, 0.2) is 11.6 Å². The highest BCUT2D eigenvalue weighted by Gasteiger charge is 2.28. The molecule has 0 aromatic heterocycles. The Balaban J connectivity index is 1.53. The Labute approximate surface area is 179 Å². The van der Waals surface area contributed by atoms with Crippen LogP contribution in [0.2, 0.25) is 0 Å². The molecule has 29 heavy (non-hydrogen) atoms. The number of hydrogen-bond acceptors (Lipinski definition) is 3. The highest BCUT2D eigenvalue weighted by atomic mass is 32.1. The Morgan fingerprint density at radius 1 is 0.690 bits per heavy atom. The fourth-order valence-corrected chi connectivity index (χ4v) is 3.87. The van der Waals surface area contributed by atoms with Gasteiger partial charge in [0.2, 0.25) is 0 Å². The Kier molecular flexibility index (Phi) is 8.06. The van der Waals surface area contributed by atoms with E-state index in [4.69, 9.17) is 0 Å². The van der Waals surface area contributed by atoms with E-state index in [0.717, 1.165) is 17.7 Å². The van der Waals surface area contributed by atoms with Gasteiger partial charge < -0.3 is 0 Å². The summed E-state index contributed by atoms with van der Waals surface area (Å²) in [5.41, 5.74) is 2.92. The first-order valence-electron chi connectivity index (χ1n) is 10.5. The van der Waals surface area contributed by atoms with E-state index in [0.29, 0.717) is 22.3 Å². The van der Waals surface area contributed by atoms with E-state index in [1.54, 1.807) is 30.3 Å². The van der Waals surface area contributed by atoms with Gasteiger partial charge in [-0.2, -0.15) is 12.6 Å². The van der Waals surface area contributed by atoms with Crippen LogP contribution in [-0.4, -0.2) is 17.3 Å². The molecule has 150 valence electrons. The first-order chi connectivity index (χ1) is 14.2. The quantitative estimate of drug-likeness (QED) is 0.232. The lowest BCUT2D eigenvalue weighted by Crippen LogP contribution is -2.20. The van der Waals surface area contributed by atoms with Crippen molar-refractivity contribution in [3.8, 4) is 0 Å². The number of carbonyl (C=O) groups is 2. The number of unbranched alkanes of at least 4 members (excludes halogenated alkanes) is 6. The largest absolute Gasteiger partial charge is 0.289 e. The lowest BCUT2D eigenvalue weighted by atomic mass is 9.83. The zero-order valence-electron chi connectivity index (χ0n) is 16.8. The molecule has 2 aromatic carbocycles. The number of rotatable bonds is 10. The molecule has 2 nitrogen and oxygen atoms in total. The van der Waals surface area contributed by atoms with E-state index in [1.165, 1.54) is 38.5 Å². The van der Waals surface area contributed by atoms with Gasteiger partial charge in [-0.3, -0.25) is 9.59 Å². The minimum absolute atomic E-state index is 0.0729. The molecule has 1 aliphatic carbocycles. The number of allylic oxidation sites excluding steroid dienone is 3. The predicted molar refractivity (Wildman–Crippen MR) is 124 cm³/mol. The summed E-state index contributed by atoms with van der Waals surface area (Å²) in [6, 6.07) is 12.5. The second-order valence-corrected chi connectivity index (χ2v) is 7.88. The van der Waals surface area contributed by atoms with Gasteiger partial charge in [0.25, 0.3) is 0 Å². The van der Waals surface area contributed by atoms with Crippen molar-refractivity contribution in [1.29, 1.82) is 0 Å². The molecule has 0 spiro atoms. The van der Waals surface area contributed by atoms with Crippen molar-refractivity contribution in [3.63, 3.8) is 0 Å². The number of fused-ring (bicyclic) bond motifs is 2. The van der Waals surface area contributed by atoms with Crippen molar-refractivity contribution in [2.75, 3.05) is 5.75 Å². The van der Waals surface area contributed by atoms with Crippen LogP contribution in [-0.2, 0) is 0 Å². The maximum atomic E-state index is 12.8. The standard InChI is InChI=1S/C26H28O2S/c27-25-21-14-10-11-15-22(21)26(28)24-19-20(16-17-23(24)25)13-9-7-5-3-1-2-4-6-8-12-18-29/h5,7,9-11,13-17,19,29H,1-4,6,8,12,18H2/b7-5+,13-9+. The summed E-state index contributed by atoms with van der Waals surface area (Å²) >= 11 is 4.23. The van der Waals surface area contributed by atoms with Crippen molar-refractivity contribution >= 4 is 30.3 Å². The van der Waals surface area contributed by atoms with Crippen LogP contribution < -0.4 is 0 Å². The Bertz CT molecular complexity index is 924. The van der Waals surface area contributed by atoms with Gasteiger partial charge in [0.1, 0.15) is 0 Å². The summed E-state index contributed by atoms with van der Waals surface area (Å²) < 4.78 is 0. The summed E-state index contributed by atoms with van der Waals surface area (Å²) in [5.74, 6) is 0.850. The lowest BCUT2D eigenvalue weighted by molar-refractivity contribution is 0.0979. The number of carbonyl (C=O) groups excluding carboxylic acids is 2. The molecule has 0 N–H and O–H groups in total. The molecule has 0 aliphatic heterocycles. The minimum atomic E-state index is -0.0737. The Hall–Kier alpha value is -2.39. The molecule has 0 unspecified atom stereocenters. The second kappa shape index (κ2) is 11.0. The molecule has 0 amide bonds. The molecule has 0 fully saturated rings. The van der Waals surface area contributed by atoms with Gasteiger partial charge in [-0.1, -0.05) is 80.3 Å². The average Bonchev–Trinajstić information content (AvgIpc) is 2.76. The predicted octanol–water partition coefficient (Wildman–Crippen LogP) is 6.69. The van der Waals surface area contributed by atoms with E-state index >= 15 is 0 Å². The van der Waals surface area contributed by atoms with Crippen molar-refractivity contribution < 1.29 is 9.59 Å². The first-order valence-corrected chi connectivity index (χ1v) is 11.1. The van der Waals surface area contributed by atoms with Crippen molar-refractivity contribution in [2.24, 2.45) is 0 Å². The molecule has 2 aromatic rings. The van der Waals surface area contributed by atoms with Gasteiger partial charge in [-0.05, 0) is 42.7 Å². The zero-order chi connectivity index (χ0) is 20.5. The fraction of sp³-hybridized carbons (Fsp3) is 0.308. The highest BCUT2D eigenvalue weighted by Crippen LogP contribution is 2.28. The third-order valence-corrected chi connectivity index (χ3v) is 5.58. The smallest absolute Gasteiger partial charge is 0.194 e. The number of thiol groups is 1. The highest BCUT2D eigenvalue weighted by molar-refractivity contribution is 7.80. The summed E-state index contributed by atoms with van der Waals surface area (Å²) in [4.78, 5) is 25.4. The number of hydrogen-bond donors (Lipinski definition) is 1. The van der Waals surface area contributed by atoms with Gasteiger partial charge in [0, 0.05) is 22.3 Å². The minimum Gasteiger partial charge on any atom is -0.289 e. The normalized spacial score (nSPS) is 13.3. The molecule has 0 atom stereocenters. The van der Waals surface area contributed by atoms with E-state index in [-0.39, 0.29) is 11.6 Å². The summed E-state index contributed by atoms with van der Waals surface area (Å²) in [5, 5.41) is 0. The van der Waals surface area contributed by atoms with Crippen LogP contribution in [0.25, 0.3) is 6.08 Å². The first kappa shape index (κ1) is 21.3. The van der Waals surface area contributed by atoms with E-state index in [1.807, 2.05) is 24.3 Å². The van der Waals surface area contributed by atoms with Gasteiger partial charge >= 0.3 is 0 Å². The average molecular weight is 405 g/mol. The van der Waals surface area contributed by atoms with Gasteiger partial charge in [-0.15, -0.1) is 0 Å². The SMILES string of the molecule is O=C1c2ccccc2C(=O)c2cc(/C=C/C=C/CCCCCCCCS)ccc21. The van der Waals surface area contributed by atoms with E-state index in [2.05, 4.69) is 24.8 Å². The molecule has 1 aliphatic rings. The zero-order valence-corrected chi connectivity index (χ0v) is 17.7. The molecule has 0 bridgehead atoms.